The number of ether oxygens (including phenoxy) is 2. The molecule has 0 radical (unpaired) electrons. The number of benzene rings is 1. The van der Waals surface area contributed by atoms with E-state index in [0.29, 0.717) is 12.2 Å². The molecule has 5 nitrogen and oxygen atoms in total. The van der Waals surface area contributed by atoms with Gasteiger partial charge in [-0.05, 0) is 24.6 Å². The lowest BCUT2D eigenvalue weighted by molar-refractivity contribution is 0.0615. The number of nitrogens with zero attached hydrogens (tertiary/aromatic N) is 2. The number of aliphatic hydroxyl groups is 1. The summed E-state index contributed by atoms with van der Waals surface area (Å²) in [5.41, 5.74) is 1.80. The molecule has 1 N–H and O–H groups in total. The largest absolute Gasteiger partial charge is 0.497 e. The van der Waals surface area contributed by atoms with Crippen LogP contribution in [0.5, 0.6) is 11.5 Å². The van der Waals surface area contributed by atoms with E-state index in [1.807, 2.05) is 30.7 Å². The van der Waals surface area contributed by atoms with E-state index in [1.54, 1.807) is 7.11 Å². The van der Waals surface area contributed by atoms with Crippen LogP contribution in [0.15, 0.2) is 30.7 Å². The minimum Gasteiger partial charge on any atom is -0.497 e. The fraction of sp³-hybridized carbons (Fsp3) is 0.438. The van der Waals surface area contributed by atoms with Crippen LogP contribution in [0.25, 0.3) is 0 Å². The summed E-state index contributed by atoms with van der Waals surface area (Å²) >= 11 is 0. The molecule has 3 rings (SSSR count). The third-order valence-corrected chi connectivity index (χ3v) is 3.82. The zero-order valence-electron chi connectivity index (χ0n) is 12.3. The molecule has 112 valence electrons. The predicted octanol–water partition coefficient (Wildman–Crippen LogP) is 2.86. The highest BCUT2D eigenvalue weighted by Gasteiger charge is 2.30. The smallest absolute Gasteiger partial charge is 0.143 e. The van der Waals surface area contributed by atoms with Crippen molar-refractivity contribution in [2.75, 3.05) is 7.11 Å². The van der Waals surface area contributed by atoms with E-state index in [1.165, 1.54) is 0 Å². The van der Waals surface area contributed by atoms with Gasteiger partial charge in [0.25, 0.3) is 0 Å². The molecule has 0 fully saturated rings. The lowest BCUT2D eigenvalue weighted by atomic mass is 9.97. The van der Waals surface area contributed by atoms with Crippen molar-refractivity contribution in [1.82, 2.24) is 9.55 Å². The molecule has 0 spiro atoms. The Morgan fingerprint density at radius 3 is 3.10 bits per heavy atom. The van der Waals surface area contributed by atoms with Crippen LogP contribution in [0.4, 0.5) is 0 Å². The van der Waals surface area contributed by atoms with Crippen molar-refractivity contribution in [3.8, 4) is 11.5 Å². The van der Waals surface area contributed by atoms with Crippen LogP contribution in [0, 0.1) is 0 Å². The van der Waals surface area contributed by atoms with Crippen LogP contribution in [0.3, 0.4) is 0 Å². The number of fused-ring (bicyclic) bond motifs is 1. The van der Waals surface area contributed by atoms with E-state index in [4.69, 9.17) is 9.47 Å². The average molecular weight is 288 g/mol. The van der Waals surface area contributed by atoms with Crippen molar-refractivity contribution in [2.45, 2.75) is 38.5 Å². The summed E-state index contributed by atoms with van der Waals surface area (Å²) in [6.07, 6.45) is 4.47. The van der Waals surface area contributed by atoms with E-state index in [9.17, 15) is 5.11 Å². The standard InChI is InChI=1S/C16H20N2O3/c1-3-6-18-10-17-9-13(18)16-8-14(19)12-7-11(20-2)4-5-15(12)21-16/h4-5,7,9-10,14,16,19H,3,6,8H2,1-2H3/t14-,16?/m0/s1. The molecule has 2 atom stereocenters. The van der Waals surface area contributed by atoms with E-state index in [0.717, 1.165) is 30.0 Å². The topological polar surface area (TPSA) is 56.5 Å². The highest BCUT2D eigenvalue weighted by atomic mass is 16.5. The number of aliphatic hydroxyl groups excluding tert-OH is 1. The number of imidazole rings is 1. The Labute approximate surface area is 124 Å². The van der Waals surface area contributed by atoms with Gasteiger partial charge in [0.05, 0.1) is 31.4 Å². The maximum Gasteiger partial charge on any atom is 0.143 e. The normalized spacial score (nSPS) is 20.7. The molecule has 1 aliphatic heterocycles. The lowest BCUT2D eigenvalue weighted by Crippen LogP contribution is -2.21. The molecule has 1 aromatic carbocycles. The molecule has 5 heteroatoms. The lowest BCUT2D eigenvalue weighted by Gasteiger charge is -2.30. The van der Waals surface area contributed by atoms with Crippen LogP contribution >= 0.6 is 0 Å². The summed E-state index contributed by atoms with van der Waals surface area (Å²) in [5.74, 6) is 1.44. The van der Waals surface area contributed by atoms with Crippen molar-refractivity contribution in [3.63, 3.8) is 0 Å². The Morgan fingerprint density at radius 2 is 2.33 bits per heavy atom. The molecule has 1 aromatic heterocycles. The number of aryl methyl sites for hydroxylation is 1. The van der Waals surface area contributed by atoms with Gasteiger partial charge >= 0.3 is 0 Å². The Kier molecular flexibility index (Phi) is 3.84. The van der Waals surface area contributed by atoms with Gasteiger partial charge in [-0.15, -0.1) is 0 Å². The van der Waals surface area contributed by atoms with Crippen LogP contribution < -0.4 is 9.47 Å². The van der Waals surface area contributed by atoms with Gasteiger partial charge in [0.15, 0.2) is 0 Å². The molecule has 2 aromatic rings. The first-order valence-corrected chi connectivity index (χ1v) is 7.25. The van der Waals surface area contributed by atoms with Crippen molar-refractivity contribution < 1.29 is 14.6 Å². The second kappa shape index (κ2) is 5.77. The summed E-state index contributed by atoms with van der Waals surface area (Å²) in [6.45, 7) is 3.03. The first-order valence-electron chi connectivity index (χ1n) is 7.25. The van der Waals surface area contributed by atoms with Crippen LogP contribution in [-0.2, 0) is 6.54 Å². The number of hydrogen-bond donors (Lipinski definition) is 1. The van der Waals surface area contributed by atoms with Crippen molar-refractivity contribution in [1.29, 1.82) is 0 Å². The molecular formula is C16H20N2O3. The number of methoxy groups -OCH3 is 1. The zero-order chi connectivity index (χ0) is 14.8. The summed E-state index contributed by atoms with van der Waals surface area (Å²) < 4.78 is 13.3. The third kappa shape index (κ3) is 2.61. The fourth-order valence-corrected chi connectivity index (χ4v) is 2.76. The van der Waals surface area contributed by atoms with E-state index in [2.05, 4.69) is 16.5 Å². The summed E-state index contributed by atoms with van der Waals surface area (Å²) in [5, 5.41) is 10.4. The minimum atomic E-state index is -0.557. The molecule has 1 unspecified atom stereocenters. The maximum atomic E-state index is 10.4. The molecular weight excluding hydrogens is 268 g/mol. The third-order valence-electron chi connectivity index (χ3n) is 3.82. The Balaban J connectivity index is 1.89. The zero-order valence-corrected chi connectivity index (χ0v) is 12.3. The molecule has 21 heavy (non-hydrogen) atoms. The van der Waals surface area contributed by atoms with Gasteiger partial charge in [-0.1, -0.05) is 6.92 Å². The van der Waals surface area contributed by atoms with Gasteiger partial charge in [0.1, 0.15) is 17.6 Å². The average Bonchev–Trinajstić information content (AvgIpc) is 2.95. The monoisotopic (exact) mass is 288 g/mol. The Bertz CT molecular complexity index is 624. The Morgan fingerprint density at radius 1 is 1.48 bits per heavy atom. The predicted molar refractivity (Wildman–Crippen MR) is 78.5 cm³/mol. The van der Waals surface area contributed by atoms with Gasteiger partial charge in [0.2, 0.25) is 0 Å². The summed E-state index contributed by atoms with van der Waals surface area (Å²) in [7, 11) is 1.61. The molecule has 0 amide bonds. The molecule has 0 aliphatic carbocycles. The van der Waals surface area contributed by atoms with Gasteiger partial charge in [-0.3, -0.25) is 0 Å². The molecule has 0 bridgehead atoms. The van der Waals surface area contributed by atoms with Gasteiger partial charge in [0, 0.05) is 18.5 Å². The van der Waals surface area contributed by atoms with Crippen molar-refractivity contribution >= 4 is 0 Å². The summed E-state index contributed by atoms with van der Waals surface area (Å²) in [4.78, 5) is 4.21. The first kappa shape index (κ1) is 13.9. The van der Waals surface area contributed by atoms with Gasteiger partial charge in [-0.25, -0.2) is 4.98 Å². The maximum absolute atomic E-state index is 10.4. The second-order valence-electron chi connectivity index (χ2n) is 5.27. The molecule has 0 saturated carbocycles. The first-order chi connectivity index (χ1) is 10.2. The fourth-order valence-electron chi connectivity index (χ4n) is 2.76. The Hall–Kier alpha value is -2.01. The molecule has 2 heterocycles. The van der Waals surface area contributed by atoms with E-state index < -0.39 is 6.10 Å². The van der Waals surface area contributed by atoms with Crippen LogP contribution in [-0.4, -0.2) is 21.8 Å². The van der Waals surface area contributed by atoms with Crippen molar-refractivity contribution in [2.24, 2.45) is 0 Å². The second-order valence-corrected chi connectivity index (χ2v) is 5.27. The minimum absolute atomic E-state index is 0.171. The number of hydrogen-bond acceptors (Lipinski definition) is 4. The SMILES string of the molecule is CCCn1cncc1C1C[C@H](O)c2cc(OC)ccc2O1. The van der Waals surface area contributed by atoms with Crippen molar-refractivity contribution in [3.05, 3.63) is 42.0 Å². The van der Waals surface area contributed by atoms with E-state index >= 15 is 0 Å². The van der Waals surface area contributed by atoms with Crippen LogP contribution in [0.2, 0.25) is 0 Å². The van der Waals surface area contributed by atoms with Crippen LogP contribution in [0.1, 0.15) is 43.2 Å². The number of aromatic nitrogens is 2. The van der Waals surface area contributed by atoms with Gasteiger partial charge < -0.3 is 19.1 Å². The number of rotatable bonds is 4. The molecule has 0 saturated heterocycles. The van der Waals surface area contributed by atoms with E-state index in [-0.39, 0.29) is 6.10 Å². The quantitative estimate of drug-likeness (QED) is 0.940. The highest BCUT2D eigenvalue weighted by Crippen LogP contribution is 2.42. The van der Waals surface area contributed by atoms with Gasteiger partial charge in [-0.2, -0.15) is 0 Å². The summed E-state index contributed by atoms with van der Waals surface area (Å²) in [6, 6.07) is 5.53. The highest BCUT2D eigenvalue weighted by molar-refractivity contribution is 5.43. The molecule has 1 aliphatic rings.